The zero-order chi connectivity index (χ0) is 28.6. The van der Waals surface area contributed by atoms with Crippen molar-refractivity contribution < 1.29 is 28.1 Å². The Morgan fingerprint density at radius 2 is 1.93 bits per heavy atom. The highest BCUT2D eigenvalue weighted by Crippen LogP contribution is 2.45. The summed E-state index contributed by atoms with van der Waals surface area (Å²) >= 11 is 0. The third-order valence-electron chi connectivity index (χ3n) is 6.94. The molecule has 0 radical (unpaired) electrons. The Kier molecular flexibility index (Phi) is 7.69. The van der Waals surface area contributed by atoms with E-state index in [2.05, 4.69) is 34.6 Å². The number of aromatic amines is 1. The number of rotatable bonds is 11. The number of halogens is 2. The fraction of sp³-hybridized carbons (Fsp3) is 0.379. The zero-order valence-electron chi connectivity index (χ0n) is 23.0. The molecule has 40 heavy (non-hydrogen) atoms. The second-order valence-electron chi connectivity index (χ2n) is 11.3. The first-order valence-corrected chi connectivity index (χ1v) is 17.0. The predicted molar refractivity (Wildman–Crippen MR) is 152 cm³/mol. The van der Waals surface area contributed by atoms with Gasteiger partial charge < -0.3 is 23.9 Å². The monoisotopic (exact) mass is 569 g/mol. The van der Waals surface area contributed by atoms with Crippen molar-refractivity contribution in [1.82, 2.24) is 14.8 Å². The quantitative estimate of drug-likeness (QED) is 0.157. The van der Waals surface area contributed by atoms with Gasteiger partial charge in [-0.15, -0.1) is 0 Å². The normalized spacial score (nSPS) is 13.8. The number of phenols is 1. The molecule has 0 spiro atoms. The summed E-state index contributed by atoms with van der Waals surface area (Å²) in [6, 6.07) is 10.7. The first-order valence-electron chi connectivity index (χ1n) is 13.3. The Hall–Kier alpha value is -3.70. The van der Waals surface area contributed by atoms with Crippen molar-refractivity contribution in [1.29, 1.82) is 0 Å². The van der Waals surface area contributed by atoms with Gasteiger partial charge in [0.25, 0.3) is 5.56 Å². The number of nitrogens with zero attached hydrogens (tertiary/aromatic N) is 2. The van der Waals surface area contributed by atoms with E-state index in [1.807, 2.05) is 17.6 Å². The number of H-pyrrole nitrogens is 1. The van der Waals surface area contributed by atoms with Crippen molar-refractivity contribution in [3.05, 3.63) is 58.6 Å². The number of aromatic hydroxyl groups is 1. The number of hydrogen-bond acceptors (Lipinski definition) is 6. The lowest BCUT2D eigenvalue weighted by atomic mass is 9.92. The number of hydrogen-bond donors (Lipinski definition) is 2. The van der Waals surface area contributed by atoms with Gasteiger partial charge in [0.1, 0.15) is 12.5 Å². The van der Waals surface area contributed by atoms with Gasteiger partial charge in [0.15, 0.2) is 11.5 Å². The second-order valence-corrected chi connectivity index (χ2v) is 16.9. The van der Waals surface area contributed by atoms with E-state index in [0.717, 1.165) is 24.6 Å². The minimum Gasteiger partial charge on any atom is -0.507 e. The van der Waals surface area contributed by atoms with E-state index in [-0.39, 0.29) is 35.6 Å². The van der Waals surface area contributed by atoms with Crippen LogP contribution in [0.15, 0.2) is 47.4 Å². The number of aromatic nitrogens is 3. The molecule has 8 nitrogen and oxygen atoms in total. The Morgan fingerprint density at radius 3 is 2.62 bits per heavy atom. The van der Waals surface area contributed by atoms with Gasteiger partial charge in [-0.2, -0.15) is 13.9 Å². The largest absolute Gasteiger partial charge is 0.507 e. The molecule has 2 aromatic heterocycles. The topological polar surface area (TPSA) is 98.6 Å². The second kappa shape index (κ2) is 11.1. The van der Waals surface area contributed by atoms with Gasteiger partial charge in [0.05, 0.1) is 23.2 Å². The lowest BCUT2D eigenvalue weighted by Gasteiger charge is -2.17. The highest BCUT2D eigenvalue weighted by Gasteiger charge is 2.27. The van der Waals surface area contributed by atoms with E-state index < -0.39 is 14.7 Å². The summed E-state index contributed by atoms with van der Waals surface area (Å²) in [5, 5.41) is 18.0. The maximum Gasteiger partial charge on any atom is 0.387 e. The summed E-state index contributed by atoms with van der Waals surface area (Å²) in [6.45, 7) is 6.59. The van der Waals surface area contributed by atoms with Crippen molar-refractivity contribution in [2.45, 2.75) is 64.9 Å². The van der Waals surface area contributed by atoms with Crippen LogP contribution < -0.4 is 15.0 Å². The number of ether oxygens (including phenoxy) is 3. The van der Waals surface area contributed by atoms with Crippen LogP contribution in [0.5, 0.6) is 17.2 Å². The first kappa shape index (κ1) is 27.8. The average molecular weight is 570 g/mol. The molecule has 2 aromatic carbocycles. The van der Waals surface area contributed by atoms with Crippen molar-refractivity contribution in [2.75, 3.05) is 6.61 Å². The molecular formula is C29H33F2N3O5Si. The standard InChI is InChI=1S/C29H33F2N3O5Si/c1-17-25(27-21(15-32-33-28(27)36)34(17)16-37-12-13-40(2,3)4)20-6-5-7-22(35)26(20)18-8-11-23(39-29(30)31)24(14-18)38-19-9-10-19/h5-8,11,14-15,19,29,35H,9-10,12-13,16H2,1-4H3,(H,33,36). The molecule has 0 unspecified atom stereocenters. The summed E-state index contributed by atoms with van der Waals surface area (Å²) in [6.07, 6.45) is 3.19. The summed E-state index contributed by atoms with van der Waals surface area (Å²) < 4.78 is 44.6. The number of fused-ring (bicyclic) bond motifs is 1. The fourth-order valence-electron chi connectivity index (χ4n) is 4.73. The van der Waals surface area contributed by atoms with Crippen LogP contribution in [0.1, 0.15) is 18.5 Å². The Bertz CT molecular complexity index is 1590. The third-order valence-corrected chi connectivity index (χ3v) is 8.64. The molecule has 1 aliphatic carbocycles. The van der Waals surface area contributed by atoms with E-state index in [4.69, 9.17) is 9.47 Å². The Morgan fingerprint density at radius 1 is 1.15 bits per heavy atom. The summed E-state index contributed by atoms with van der Waals surface area (Å²) in [5.74, 6) is 0.0643. The maximum atomic E-state index is 13.1. The average Bonchev–Trinajstić information content (AvgIpc) is 3.65. The van der Waals surface area contributed by atoms with Gasteiger partial charge >= 0.3 is 6.61 Å². The van der Waals surface area contributed by atoms with E-state index >= 15 is 0 Å². The Labute approximate surface area is 231 Å². The van der Waals surface area contributed by atoms with Crippen LogP contribution in [0.2, 0.25) is 25.7 Å². The van der Waals surface area contributed by atoms with Gasteiger partial charge in [-0.05, 0) is 55.1 Å². The number of benzene rings is 2. The zero-order valence-corrected chi connectivity index (χ0v) is 24.0. The highest BCUT2D eigenvalue weighted by molar-refractivity contribution is 6.76. The predicted octanol–water partition coefficient (Wildman–Crippen LogP) is 6.53. The molecule has 5 rings (SSSR count). The smallest absolute Gasteiger partial charge is 0.387 e. The molecule has 212 valence electrons. The van der Waals surface area contributed by atoms with Crippen molar-refractivity contribution in [3.63, 3.8) is 0 Å². The number of phenolic OH excluding ortho intramolecular Hbond substituents is 1. The van der Waals surface area contributed by atoms with Crippen LogP contribution in [0.3, 0.4) is 0 Å². The molecule has 0 atom stereocenters. The first-order chi connectivity index (χ1) is 19.0. The summed E-state index contributed by atoms with van der Waals surface area (Å²) in [5.41, 5.74) is 3.18. The van der Waals surface area contributed by atoms with Gasteiger partial charge in [-0.1, -0.05) is 37.8 Å². The van der Waals surface area contributed by atoms with Crippen LogP contribution in [-0.2, 0) is 11.5 Å². The number of nitrogens with one attached hydrogen (secondary N) is 1. The van der Waals surface area contributed by atoms with Crippen LogP contribution in [0, 0.1) is 6.92 Å². The minimum absolute atomic E-state index is 0.0328. The molecular weight excluding hydrogens is 536 g/mol. The van der Waals surface area contributed by atoms with Crippen molar-refractivity contribution in [2.24, 2.45) is 0 Å². The van der Waals surface area contributed by atoms with Gasteiger partial charge in [-0.3, -0.25) is 4.79 Å². The molecule has 0 saturated heterocycles. The molecule has 11 heteroatoms. The van der Waals surface area contributed by atoms with E-state index in [0.29, 0.717) is 39.8 Å². The molecule has 2 N–H and O–H groups in total. The molecule has 1 aliphatic rings. The Balaban J connectivity index is 1.63. The molecule has 1 saturated carbocycles. The lowest BCUT2D eigenvalue weighted by Crippen LogP contribution is -2.22. The van der Waals surface area contributed by atoms with E-state index in [1.165, 1.54) is 6.07 Å². The van der Waals surface area contributed by atoms with Gasteiger partial charge in [0.2, 0.25) is 0 Å². The van der Waals surface area contributed by atoms with Gasteiger partial charge in [-0.25, -0.2) is 5.10 Å². The fourth-order valence-corrected chi connectivity index (χ4v) is 5.48. The van der Waals surface area contributed by atoms with Crippen LogP contribution in [-0.4, -0.2) is 47.3 Å². The molecule has 2 heterocycles. The van der Waals surface area contributed by atoms with E-state index in [1.54, 1.807) is 30.5 Å². The molecule has 0 amide bonds. The molecule has 1 fully saturated rings. The van der Waals surface area contributed by atoms with Gasteiger partial charge in [0, 0.05) is 31.5 Å². The summed E-state index contributed by atoms with van der Waals surface area (Å²) in [7, 11) is -1.28. The number of alkyl halides is 2. The van der Waals surface area contributed by atoms with Crippen molar-refractivity contribution in [3.8, 4) is 39.5 Å². The molecule has 0 aliphatic heterocycles. The maximum absolute atomic E-state index is 13.1. The molecule has 4 aromatic rings. The minimum atomic E-state index is -3.00. The van der Waals surface area contributed by atoms with Crippen LogP contribution in [0.25, 0.3) is 33.2 Å². The van der Waals surface area contributed by atoms with Crippen LogP contribution in [0.4, 0.5) is 8.78 Å². The lowest BCUT2D eigenvalue weighted by molar-refractivity contribution is -0.0516. The third kappa shape index (κ3) is 5.90. The highest BCUT2D eigenvalue weighted by atomic mass is 28.3. The summed E-state index contributed by atoms with van der Waals surface area (Å²) in [4.78, 5) is 13.1. The molecule has 0 bridgehead atoms. The SMILES string of the molecule is Cc1c(-c2cccc(O)c2-c2ccc(OC(F)F)c(OC3CC3)c2)c2c(=O)[nH]ncc2n1COCC[Si](C)(C)C. The van der Waals surface area contributed by atoms with E-state index in [9.17, 15) is 18.7 Å². The van der Waals surface area contributed by atoms with Crippen LogP contribution >= 0.6 is 0 Å². The van der Waals surface area contributed by atoms with Crippen molar-refractivity contribution >= 4 is 19.0 Å².